The Hall–Kier alpha value is 1.07. The molecule has 0 fully saturated rings. The van der Waals surface area contributed by atoms with Gasteiger partial charge in [-0.05, 0) is 0 Å². The van der Waals surface area contributed by atoms with Crippen LogP contribution in [0.25, 0.3) is 0 Å². The van der Waals surface area contributed by atoms with Crippen molar-refractivity contribution in [3.05, 3.63) is 0 Å². The molecule has 0 aliphatic heterocycles. The van der Waals surface area contributed by atoms with Crippen LogP contribution in [0.15, 0.2) is 0 Å². The monoisotopic (exact) mass is 136 g/mol. The van der Waals surface area contributed by atoms with Crippen LogP contribution in [0.3, 0.4) is 0 Å². The topological polar surface area (TPSA) is 118 Å². The summed E-state index contributed by atoms with van der Waals surface area (Å²) < 4.78 is 8.55. The molecule has 0 radical (unpaired) electrons. The van der Waals surface area contributed by atoms with Crippen molar-refractivity contribution in [2.24, 2.45) is 0 Å². The average Bonchev–Trinajstić information content (AvgIpc) is 0.722. The molecule has 0 bridgehead atoms. The van der Waals surface area contributed by atoms with Gasteiger partial charge in [0.25, 0.3) is 0 Å². The fraction of sp³-hybridized carbons (Fsp3) is 0. The first-order valence-electron chi connectivity index (χ1n) is 0.730. The first kappa shape index (κ1) is 15.7. The van der Waals surface area contributed by atoms with Gasteiger partial charge in [-0.3, -0.25) is 0 Å². The molecule has 0 unspecified atom stereocenters. The van der Waals surface area contributed by atoms with E-state index in [0.717, 1.165) is 0 Å². The minimum Gasteiger partial charge on any atom is -0.822 e. The van der Waals surface area contributed by atoms with Gasteiger partial charge >= 0.3 is 29.6 Å². The van der Waals surface area contributed by atoms with Crippen LogP contribution < -0.4 is 44.2 Å². The molecule has 5 nitrogen and oxygen atoms in total. The van der Waals surface area contributed by atoms with Crippen molar-refractivity contribution in [1.29, 1.82) is 0 Å². The Bertz CT molecular complexity index is 54.2. The summed E-state index contributed by atoms with van der Waals surface area (Å²) in [5, 5.41) is 0. The molecule has 7 heavy (non-hydrogen) atoms. The third-order valence-corrected chi connectivity index (χ3v) is 0. The summed E-state index contributed by atoms with van der Waals surface area (Å²) >= 11 is 0. The molecule has 0 aromatic heterocycles. The maximum Gasteiger partial charge on any atom is 1.00 e. The third-order valence-electron chi connectivity index (χ3n) is 0. The van der Waals surface area contributed by atoms with E-state index in [1.54, 1.807) is 0 Å². The van der Waals surface area contributed by atoms with E-state index in [1.165, 1.54) is 0 Å². The van der Waals surface area contributed by atoms with Gasteiger partial charge in [-0.15, -0.1) is 0 Å². The maximum atomic E-state index is 8.55. The van der Waals surface area contributed by atoms with Crippen LogP contribution in [-0.4, -0.2) is 5.48 Å². The number of phosphoric acid groups is 1. The first-order chi connectivity index (χ1) is 2.00. The van der Waals surface area contributed by atoms with E-state index in [4.69, 9.17) is 19.2 Å². The number of hydrogen-bond acceptors (Lipinski definition) is 4. The molecular formula is H2NaO5P-2. The van der Waals surface area contributed by atoms with Gasteiger partial charge in [0.05, 0.1) is 0 Å². The van der Waals surface area contributed by atoms with Crippen molar-refractivity contribution in [2.45, 2.75) is 0 Å². The predicted octanol–water partition coefficient (Wildman–Crippen LogP) is -6.65. The molecule has 0 atom stereocenters. The summed E-state index contributed by atoms with van der Waals surface area (Å²) in [6.45, 7) is 0. The molecule has 0 heterocycles. The van der Waals surface area contributed by atoms with Crippen molar-refractivity contribution in [1.82, 2.24) is 0 Å². The van der Waals surface area contributed by atoms with Crippen LogP contribution in [0.1, 0.15) is 0 Å². The van der Waals surface area contributed by atoms with Crippen molar-refractivity contribution < 1.29 is 54.3 Å². The van der Waals surface area contributed by atoms with E-state index >= 15 is 0 Å². The van der Waals surface area contributed by atoms with Crippen LogP contribution in [0.4, 0.5) is 0 Å². The van der Waals surface area contributed by atoms with Crippen LogP contribution in [0.2, 0.25) is 0 Å². The number of rotatable bonds is 0. The summed E-state index contributed by atoms with van der Waals surface area (Å²) in [6.07, 6.45) is 0. The van der Waals surface area contributed by atoms with Gasteiger partial charge in [-0.2, -0.15) is 7.82 Å². The Kier molecular flexibility index (Phi) is 11.7. The predicted molar refractivity (Wildman–Crippen MR) is 11.2 cm³/mol. The molecule has 0 saturated carbocycles. The fourth-order valence-corrected chi connectivity index (χ4v) is 0. The second-order valence-corrected chi connectivity index (χ2v) is 1.34. The molecule has 0 saturated heterocycles. The molecule has 0 aliphatic carbocycles. The Morgan fingerprint density at radius 2 is 1.14 bits per heavy atom. The Morgan fingerprint density at radius 1 is 1.14 bits per heavy atom. The summed E-state index contributed by atoms with van der Waals surface area (Å²) in [5.41, 5.74) is 0. The quantitative estimate of drug-likeness (QED) is 0.243. The van der Waals surface area contributed by atoms with Gasteiger partial charge < -0.3 is 24.7 Å². The molecule has 40 valence electrons. The zero-order valence-electron chi connectivity index (χ0n) is 3.58. The van der Waals surface area contributed by atoms with Crippen molar-refractivity contribution in [3.8, 4) is 0 Å². The van der Waals surface area contributed by atoms with E-state index in [0.29, 0.717) is 0 Å². The van der Waals surface area contributed by atoms with Gasteiger partial charge in [0, 0.05) is 0 Å². The fourth-order valence-electron chi connectivity index (χ4n) is 0. The SMILES string of the molecule is O.O=P([O-])([O-])[O-].[Na+]. The van der Waals surface area contributed by atoms with E-state index in [9.17, 15) is 0 Å². The summed E-state index contributed by atoms with van der Waals surface area (Å²) in [7, 11) is -5.39. The van der Waals surface area contributed by atoms with Gasteiger partial charge in [0.15, 0.2) is 0 Å². The third kappa shape index (κ3) is 159. The van der Waals surface area contributed by atoms with Crippen molar-refractivity contribution in [2.75, 3.05) is 0 Å². The second-order valence-electron chi connectivity index (χ2n) is 0.447. The van der Waals surface area contributed by atoms with E-state index in [1.807, 2.05) is 0 Å². The molecule has 0 rings (SSSR count). The minimum atomic E-state index is -5.39. The molecule has 7 heteroatoms. The molecule has 0 aliphatic rings. The Morgan fingerprint density at radius 3 is 1.14 bits per heavy atom. The van der Waals surface area contributed by atoms with Gasteiger partial charge in [0.2, 0.25) is 0 Å². The van der Waals surface area contributed by atoms with E-state index < -0.39 is 7.82 Å². The summed E-state index contributed by atoms with van der Waals surface area (Å²) in [5.74, 6) is 0. The molecule has 0 aromatic carbocycles. The summed E-state index contributed by atoms with van der Waals surface area (Å²) in [4.78, 5) is 25.6. The molecule has 2 N–H and O–H groups in total. The molecule has 0 spiro atoms. The Balaban J connectivity index is -0.0000000800. The van der Waals surface area contributed by atoms with E-state index in [2.05, 4.69) is 0 Å². The standard InChI is InChI=1S/Na.H3O4P.H2O/c;1-5(2,3)4;/h;(H3,1,2,3,4);1H2/q+1;;/p-3. The molecule has 0 amide bonds. The minimum absolute atomic E-state index is 0. The Labute approximate surface area is 62.2 Å². The zero-order chi connectivity index (χ0) is 4.50. The van der Waals surface area contributed by atoms with Crippen LogP contribution in [0, 0.1) is 0 Å². The maximum absolute atomic E-state index is 8.55. The van der Waals surface area contributed by atoms with Crippen LogP contribution in [0.5, 0.6) is 0 Å². The second kappa shape index (κ2) is 5.21. The van der Waals surface area contributed by atoms with Crippen molar-refractivity contribution in [3.63, 3.8) is 0 Å². The molecule has 0 aromatic rings. The average molecular weight is 136 g/mol. The summed E-state index contributed by atoms with van der Waals surface area (Å²) in [6, 6.07) is 0. The van der Waals surface area contributed by atoms with Gasteiger partial charge in [-0.25, -0.2) is 0 Å². The largest absolute Gasteiger partial charge is 1.00 e. The van der Waals surface area contributed by atoms with Crippen LogP contribution in [-0.2, 0) is 4.57 Å². The van der Waals surface area contributed by atoms with Gasteiger partial charge in [-0.1, -0.05) is 0 Å². The zero-order valence-corrected chi connectivity index (χ0v) is 6.47. The van der Waals surface area contributed by atoms with E-state index in [-0.39, 0.29) is 35.0 Å². The smallest absolute Gasteiger partial charge is 0.822 e. The van der Waals surface area contributed by atoms with Crippen molar-refractivity contribution >= 4 is 7.82 Å². The van der Waals surface area contributed by atoms with Crippen LogP contribution >= 0.6 is 7.82 Å². The van der Waals surface area contributed by atoms with Gasteiger partial charge in [0.1, 0.15) is 0 Å². The normalized spacial score (nSPS) is 8.43. The molecular weight excluding hydrogens is 134 g/mol. The first-order valence-corrected chi connectivity index (χ1v) is 2.19. The number of hydrogen-bond donors (Lipinski definition) is 0.